The highest BCUT2D eigenvalue weighted by atomic mass is 19.1. The van der Waals surface area contributed by atoms with E-state index >= 15 is 0 Å². The molecule has 0 aliphatic heterocycles. The van der Waals surface area contributed by atoms with E-state index < -0.39 is 0 Å². The lowest BCUT2D eigenvalue weighted by molar-refractivity contribution is -0.122. The topological polar surface area (TPSA) is 38.3 Å². The fourth-order valence-corrected chi connectivity index (χ4v) is 3.02. The Hall–Kier alpha value is -2.20. The molecule has 0 bridgehead atoms. The summed E-state index contributed by atoms with van der Waals surface area (Å²) in [6.45, 7) is 0. The first kappa shape index (κ1) is 14.7. The van der Waals surface area contributed by atoms with Gasteiger partial charge in [0.2, 0.25) is 5.91 Å². The molecule has 0 aromatic heterocycles. The molecule has 22 heavy (non-hydrogen) atoms. The van der Waals surface area contributed by atoms with Crippen LogP contribution >= 0.6 is 0 Å². The van der Waals surface area contributed by atoms with Gasteiger partial charge in [-0.05, 0) is 35.2 Å². The van der Waals surface area contributed by atoms with Gasteiger partial charge in [-0.2, -0.15) is 0 Å². The largest absolute Gasteiger partial charge is 0.375 e. The van der Waals surface area contributed by atoms with Gasteiger partial charge in [0.25, 0.3) is 0 Å². The Morgan fingerprint density at radius 1 is 1.23 bits per heavy atom. The molecule has 1 N–H and O–H groups in total. The molecule has 4 heteroatoms. The lowest BCUT2D eigenvalue weighted by Gasteiger charge is -2.20. The molecular weight excluding hydrogens is 281 g/mol. The molecule has 0 heterocycles. The number of hydrogen-bond donors (Lipinski definition) is 1. The SMILES string of the molecule is CO[C@@H]1c2ccccc2C[C@H]1NC(=O)Cc1ccc(F)cc1. The minimum atomic E-state index is -0.296. The average molecular weight is 299 g/mol. The molecule has 3 rings (SSSR count). The van der Waals surface area contributed by atoms with Crippen LogP contribution in [-0.2, 0) is 22.4 Å². The Kier molecular flexibility index (Phi) is 4.20. The van der Waals surface area contributed by atoms with Crippen molar-refractivity contribution >= 4 is 5.91 Å². The van der Waals surface area contributed by atoms with Crippen LogP contribution in [-0.4, -0.2) is 19.1 Å². The van der Waals surface area contributed by atoms with Crippen LogP contribution in [0.25, 0.3) is 0 Å². The number of halogens is 1. The molecular formula is C18H18FNO2. The molecule has 2 atom stereocenters. The van der Waals surface area contributed by atoms with Crippen LogP contribution in [0.4, 0.5) is 4.39 Å². The van der Waals surface area contributed by atoms with Crippen LogP contribution < -0.4 is 5.32 Å². The second-order valence-corrected chi connectivity index (χ2v) is 5.54. The maximum Gasteiger partial charge on any atom is 0.224 e. The zero-order valence-electron chi connectivity index (χ0n) is 12.4. The second-order valence-electron chi connectivity index (χ2n) is 5.54. The van der Waals surface area contributed by atoms with Crippen LogP contribution in [0.1, 0.15) is 22.8 Å². The molecule has 2 aromatic carbocycles. The molecule has 0 radical (unpaired) electrons. The van der Waals surface area contributed by atoms with Crippen molar-refractivity contribution in [2.75, 3.05) is 7.11 Å². The van der Waals surface area contributed by atoms with Gasteiger partial charge in [-0.15, -0.1) is 0 Å². The number of fused-ring (bicyclic) bond motifs is 1. The van der Waals surface area contributed by atoms with Gasteiger partial charge in [0.05, 0.1) is 12.5 Å². The Balaban J connectivity index is 1.66. The van der Waals surface area contributed by atoms with E-state index in [1.165, 1.54) is 17.7 Å². The van der Waals surface area contributed by atoms with Gasteiger partial charge in [-0.25, -0.2) is 4.39 Å². The predicted octanol–water partition coefficient (Wildman–Crippen LogP) is 2.80. The van der Waals surface area contributed by atoms with E-state index in [4.69, 9.17) is 4.74 Å². The predicted molar refractivity (Wildman–Crippen MR) is 81.9 cm³/mol. The standard InChI is InChI=1S/C18H18FNO2/c1-22-18-15-5-3-2-4-13(15)11-16(18)20-17(21)10-12-6-8-14(19)9-7-12/h2-9,16,18H,10-11H2,1H3,(H,20,21)/t16-,18-/m1/s1. The van der Waals surface area contributed by atoms with Crippen molar-refractivity contribution in [3.8, 4) is 0 Å². The quantitative estimate of drug-likeness (QED) is 0.943. The number of rotatable bonds is 4. The fraction of sp³-hybridized carbons (Fsp3) is 0.278. The Labute approximate surface area is 129 Å². The molecule has 3 nitrogen and oxygen atoms in total. The Bertz CT molecular complexity index is 669. The van der Waals surface area contributed by atoms with Crippen molar-refractivity contribution < 1.29 is 13.9 Å². The Morgan fingerprint density at radius 3 is 2.68 bits per heavy atom. The van der Waals surface area contributed by atoms with E-state index in [2.05, 4.69) is 11.4 Å². The van der Waals surface area contributed by atoms with E-state index in [-0.39, 0.29) is 30.3 Å². The van der Waals surface area contributed by atoms with Gasteiger partial charge >= 0.3 is 0 Å². The van der Waals surface area contributed by atoms with Gasteiger partial charge in [0.15, 0.2) is 0 Å². The molecule has 1 aliphatic rings. The molecule has 0 fully saturated rings. The molecule has 0 saturated carbocycles. The summed E-state index contributed by atoms with van der Waals surface area (Å²) in [5.74, 6) is -0.374. The first-order valence-corrected chi connectivity index (χ1v) is 7.32. The summed E-state index contributed by atoms with van der Waals surface area (Å²) < 4.78 is 18.4. The van der Waals surface area contributed by atoms with Crippen molar-refractivity contribution in [1.82, 2.24) is 5.32 Å². The minimum absolute atomic E-state index is 0.0599. The van der Waals surface area contributed by atoms with Crippen LogP contribution in [0.3, 0.4) is 0 Å². The summed E-state index contributed by atoms with van der Waals surface area (Å²) in [6, 6.07) is 14.0. The van der Waals surface area contributed by atoms with E-state index in [1.54, 1.807) is 19.2 Å². The van der Waals surface area contributed by atoms with Crippen molar-refractivity contribution in [3.63, 3.8) is 0 Å². The van der Waals surface area contributed by atoms with Crippen LogP contribution in [0.15, 0.2) is 48.5 Å². The van der Waals surface area contributed by atoms with Crippen LogP contribution in [0, 0.1) is 5.82 Å². The lowest BCUT2D eigenvalue weighted by atomic mass is 10.1. The number of ether oxygens (including phenoxy) is 1. The molecule has 0 spiro atoms. The first-order chi connectivity index (χ1) is 10.7. The number of benzene rings is 2. The zero-order chi connectivity index (χ0) is 15.5. The number of amides is 1. The highest BCUT2D eigenvalue weighted by Gasteiger charge is 2.33. The molecule has 2 aromatic rings. The summed E-state index contributed by atoms with van der Waals surface area (Å²) in [6.07, 6.45) is 0.890. The normalized spacial score (nSPS) is 19.7. The van der Waals surface area contributed by atoms with E-state index in [0.29, 0.717) is 0 Å². The van der Waals surface area contributed by atoms with E-state index in [9.17, 15) is 9.18 Å². The molecule has 1 aliphatic carbocycles. The average Bonchev–Trinajstić information content (AvgIpc) is 2.86. The number of methoxy groups -OCH3 is 1. The smallest absolute Gasteiger partial charge is 0.224 e. The fourth-order valence-electron chi connectivity index (χ4n) is 3.02. The molecule has 0 unspecified atom stereocenters. The summed E-state index contributed by atoms with van der Waals surface area (Å²) in [7, 11) is 1.66. The van der Waals surface area contributed by atoms with Gasteiger partial charge in [0, 0.05) is 7.11 Å². The monoisotopic (exact) mass is 299 g/mol. The zero-order valence-corrected chi connectivity index (χ0v) is 12.4. The summed E-state index contributed by atoms with van der Waals surface area (Å²) >= 11 is 0. The van der Waals surface area contributed by atoms with Crippen molar-refractivity contribution in [1.29, 1.82) is 0 Å². The van der Waals surface area contributed by atoms with Gasteiger partial charge in [0.1, 0.15) is 11.9 Å². The highest BCUT2D eigenvalue weighted by molar-refractivity contribution is 5.79. The number of hydrogen-bond acceptors (Lipinski definition) is 2. The summed E-state index contributed by atoms with van der Waals surface area (Å²) in [5.41, 5.74) is 3.14. The maximum absolute atomic E-state index is 12.9. The van der Waals surface area contributed by atoms with Gasteiger partial charge in [-0.1, -0.05) is 36.4 Å². The molecule has 1 amide bonds. The van der Waals surface area contributed by atoms with Crippen molar-refractivity contribution in [2.45, 2.75) is 25.0 Å². The molecule has 0 saturated heterocycles. The van der Waals surface area contributed by atoms with E-state index in [0.717, 1.165) is 17.5 Å². The molecule has 114 valence electrons. The van der Waals surface area contributed by atoms with Gasteiger partial charge < -0.3 is 10.1 Å². The third-order valence-electron chi connectivity index (χ3n) is 4.05. The minimum Gasteiger partial charge on any atom is -0.375 e. The van der Waals surface area contributed by atoms with Gasteiger partial charge in [-0.3, -0.25) is 4.79 Å². The Morgan fingerprint density at radius 2 is 1.95 bits per heavy atom. The third-order valence-corrected chi connectivity index (χ3v) is 4.05. The van der Waals surface area contributed by atoms with Crippen molar-refractivity contribution in [2.24, 2.45) is 0 Å². The summed E-state index contributed by atoms with van der Waals surface area (Å²) in [4.78, 5) is 12.2. The van der Waals surface area contributed by atoms with Crippen molar-refractivity contribution in [3.05, 3.63) is 71.0 Å². The number of carbonyl (C=O) groups is 1. The third kappa shape index (κ3) is 3.02. The highest BCUT2D eigenvalue weighted by Crippen LogP contribution is 2.33. The van der Waals surface area contributed by atoms with Crippen LogP contribution in [0.5, 0.6) is 0 Å². The summed E-state index contributed by atoms with van der Waals surface area (Å²) in [5, 5.41) is 3.03. The van der Waals surface area contributed by atoms with Crippen LogP contribution in [0.2, 0.25) is 0 Å². The maximum atomic E-state index is 12.9. The van der Waals surface area contributed by atoms with E-state index in [1.807, 2.05) is 18.2 Å². The number of nitrogens with one attached hydrogen (secondary N) is 1. The number of carbonyl (C=O) groups excluding carboxylic acids is 1. The lowest BCUT2D eigenvalue weighted by Crippen LogP contribution is -2.39. The second kappa shape index (κ2) is 6.28. The first-order valence-electron chi connectivity index (χ1n) is 7.32.